The van der Waals surface area contributed by atoms with E-state index in [9.17, 15) is 15.5 Å². The van der Waals surface area contributed by atoms with Crippen molar-refractivity contribution < 1.29 is 20.1 Å². The third-order valence-electron chi connectivity index (χ3n) is 6.57. The molecule has 9 heteroatoms. The van der Waals surface area contributed by atoms with E-state index >= 15 is 0 Å². The number of nitrogens with zero attached hydrogens (tertiary/aromatic N) is 4. The average molecular weight is 523 g/mol. The second-order valence-electron chi connectivity index (χ2n) is 9.34. The molecular formula is C28H31ClN4O4. The van der Waals surface area contributed by atoms with Crippen LogP contribution in [0.3, 0.4) is 0 Å². The molecule has 1 saturated heterocycles. The van der Waals surface area contributed by atoms with Gasteiger partial charge in [-0.15, -0.1) is 0 Å². The molecule has 0 radical (unpaired) electrons. The summed E-state index contributed by atoms with van der Waals surface area (Å²) >= 11 is 6.16. The number of halogens is 1. The fourth-order valence-corrected chi connectivity index (χ4v) is 4.83. The maximum Gasteiger partial charge on any atom is 0.120 e. The Hall–Kier alpha value is -3.19. The fraction of sp³-hybridized carbons (Fsp3) is 0.357. The Labute approximate surface area is 221 Å². The molecule has 37 heavy (non-hydrogen) atoms. The summed E-state index contributed by atoms with van der Waals surface area (Å²) in [5, 5.41) is 40.2. The number of piperazine rings is 1. The van der Waals surface area contributed by atoms with Crippen LogP contribution in [0, 0.1) is 11.3 Å². The van der Waals surface area contributed by atoms with Gasteiger partial charge in [0.05, 0.1) is 36.2 Å². The Morgan fingerprint density at radius 2 is 1.92 bits per heavy atom. The molecule has 0 saturated carbocycles. The van der Waals surface area contributed by atoms with Gasteiger partial charge in [0.1, 0.15) is 24.0 Å². The van der Waals surface area contributed by atoms with Gasteiger partial charge in [0.2, 0.25) is 0 Å². The number of anilines is 1. The zero-order valence-corrected chi connectivity index (χ0v) is 21.5. The Morgan fingerprint density at radius 1 is 1.14 bits per heavy atom. The van der Waals surface area contributed by atoms with Crippen LogP contribution in [0.5, 0.6) is 5.75 Å². The first kappa shape index (κ1) is 26.9. The number of hydrogen-bond donors (Lipinski definition) is 3. The molecule has 4 rings (SSSR count). The molecule has 0 unspecified atom stereocenters. The predicted octanol–water partition coefficient (Wildman–Crippen LogP) is 3.24. The van der Waals surface area contributed by atoms with E-state index in [4.69, 9.17) is 21.4 Å². The molecule has 8 nitrogen and oxygen atoms in total. The molecule has 194 valence electrons. The lowest BCUT2D eigenvalue weighted by Gasteiger charge is -2.45. The second-order valence-corrected chi connectivity index (χ2v) is 9.78. The number of β-amino-alcohol motifs (C(OH)–C–C–N with tert-alkyl or cyclic N) is 1. The van der Waals surface area contributed by atoms with Gasteiger partial charge in [-0.1, -0.05) is 29.8 Å². The molecule has 3 aromatic rings. The summed E-state index contributed by atoms with van der Waals surface area (Å²) in [6.45, 7) is 3.99. The summed E-state index contributed by atoms with van der Waals surface area (Å²) in [5.41, 5.74) is 2.38. The van der Waals surface area contributed by atoms with Crippen molar-refractivity contribution in [3.05, 3.63) is 88.2 Å². The number of rotatable bonds is 9. The molecule has 1 aliphatic heterocycles. The first-order valence-electron chi connectivity index (χ1n) is 12.2. The van der Waals surface area contributed by atoms with Gasteiger partial charge in [-0.05, 0) is 54.4 Å². The molecule has 0 spiro atoms. The summed E-state index contributed by atoms with van der Waals surface area (Å²) in [4.78, 5) is 8.77. The van der Waals surface area contributed by atoms with Gasteiger partial charge in [0.15, 0.2) is 0 Å². The first-order valence-corrected chi connectivity index (χ1v) is 12.5. The summed E-state index contributed by atoms with van der Waals surface area (Å²) in [6.07, 6.45) is 1.58. The summed E-state index contributed by atoms with van der Waals surface area (Å²) < 4.78 is 5.50. The number of aliphatic hydroxyl groups is 3. The van der Waals surface area contributed by atoms with Crippen LogP contribution >= 0.6 is 11.6 Å². The minimum Gasteiger partial charge on any atom is -0.491 e. The van der Waals surface area contributed by atoms with Crippen molar-refractivity contribution in [2.75, 3.05) is 44.3 Å². The van der Waals surface area contributed by atoms with Crippen LogP contribution in [-0.2, 0) is 12.2 Å². The van der Waals surface area contributed by atoms with E-state index < -0.39 is 5.60 Å². The van der Waals surface area contributed by atoms with Crippen LogP contribution in [-0.4, -0.2) is 64.6 Å². The molecule has 3 N–H and O–H groups in total. The second kappa shape index (κ2) is 11.9. The van der Waals surface area contributed by atoms with Gasteiger partial charge < -0.3 is 25.0 Å². The van der Waals surface area contributed by atoms with Gasteiger partial charge in [-0.2, -0.15) is 5.26 Å². The smallest absolute Gasteiger partial charge is 0.120 e. The van der Waals surface area contributed by atoms with Gasteiger partial charge in [0.25, 0.3) is 0 Å². The quantitative estimate of drug-likeness (QED) is 0.392. The number of pyridine rings is 1. The number of nitriles is 1. The minimum atomic E-state index is -1.19. The monoisotopic (exact) mass is 522 g/mol. The zero-order valence-electron chi connectivity index (χ0n) is 20.7. The Kier molecular flexibility index (Phi) is 8.64. The molecular weight excluding hydrogens is 492 g/mol. The maximum atomic E-state index is 11.3. The number of benzene rings is 2. The van der Waals surface area contributed by atoms with Gasteiger partial charge in [0, 0.05) is 37.4 Å². The van der Waals surface area contributed by atoms with E-state index in [1.807, 2.05) is 36.4 Å². The molecule has 0 aliphatic carbocycles. The summed E-state index contributed by atoms with van der Waals surface area (Å²) in [6, 6.07) is 18.8. The molecule has 0 bridgehead atoms. The number of hydrogen-bond acceptors (Lipinski definition) is 8. The van der Waals surface area contributed by atoms with Gasteiger partial charge >= 0.3 is 0 Å². The third kappa shape index (κ3) is 6.39. The van der Waals surface area contributed by atoms with Gasteiger partial charge in [-0.3, -0.25) is 9.88 Å². The molecule has 0 amide bonds. The van der Waals surface area contributed by atoms with E-state index in [1.165, 1.54) is 0 Å². The van der Waals surface area contributed by atoms with Gasteiger partial charge in [-0.25, -0.2) is 0 Å². The van der Waals surface area contributed by atoms with Crippen molar-refractivity contribution in [1.29, 1.82) is 5.26 Å². The molecule has 1 aromatic heterocycles. The van der Waals surface area contributed by atoms with E-state index in [2.05, 4.69) is 20.9 Å². The fourth-order valence-electron chi connectivity index (χ4n) is 4.70. The van der Waals surface area contributed by atoms with E-state index in [0.29, 0.717) is 53.8 Å². The first-order chi connectivity index (χ1) is 17.8. The standard InChI is InChI=1S/C28H31ClN4O4/c1-28(36,27-9-2-20(18-35)16-31-27)19-32-10-11-33(26(17-32)21-3-5-23(29)6-4-21)25-8-7-24(37-13-12-34)14-22(25)15-30/h2-9,14,16,26,34-36H,10-13,17-19H2,1H3/t26-,28+/m0/s1. The van der Waals surface area contributed by atoms with E-state index in [1.54, 1.807) is 31.3 Å². The Balaban J connectivity index is 1.60. The van der Waals surface area contributed by atoms with E-state index in [0.717, 1.165) is 11.3 Å². The topological polar surface area (TPSA) is 113 Å². The summed E-state index contributed by atoms with van der Waals surface area (Å²) in [5.74, 6) is 0.534. The summed E-state index contributed by atoms with van der Waals surface area (Å²) in [7, 11) is 0. The van der Waals surface area contributed by atoms with Crippen LogP contribution in [0.4, 0.5) is 5.69 Å². The number of aromatic nitrogens is 1. The van der Waals surface area contributed by atoms with Crippen LogP contribution in [0.2, 0.25) is 5.02 Å². The lowest BCUT2D eigenvalue weighted by Crippen LogP contribution is -2.52. The molecule has 2 aromatic carbocycles. The molecule has 1 fully saturated rings. The zero-order chi connectivity index (χ0) is 26.4. The minimum absolute atomic E-state index is 0.0946. The number of ether oxygens (including phenoxy) is 1. The highest BCUT2D eigenvalue weighted by Gasteiger charge is 2.34. The normalized spacial score (nSPS) is 17.7. The SMILES string of the molecule is C[C@@](O)(CN1CCN(c2ccc(OCCO)cc2C#N)[C@H](c2ccc(Cl)cc2)C1)c1ccc(CO)cn1. The Morgan fingerprint density at radius 3 is 2.57 bits per heavy atom. The van der Waals surface area contributed by atoms with Crippen molar-refractivity contribution in [3.8, 4) is 11.8 Å². The largest absolute Gasteiger partial charge is 0.491 e. The maximum absolute atomic E-state index is 11.3. The van der Waals surface area contributed by atoms with Crippen LogP contribution in [0.1, 0.15) is 35.3 Å². The van der Waals surface area contributed by atoms with Crippen molar-refractivity contribution >= 4 is 17.3 Å². The molecule has 2 heterocycles. The Bertz CT molecular complexity index is 1230. The molecule has 1 aliphatic rings. The highest BCUT2D eigenvalue weighted by molar-refractivity contribution is 6.30. The third-order valence-corrected chi connectivity index (χ3v) is 6.82. The van der Waals surface area contributed by atoms with Crippen molar-refractivity contribution in [1.82, 2.24) is 9.88 Å². The van der Waals surface area contributed by atoms with Crippen LogP contribution < -0.4 is 9.64 Å². The van der Waals surface area contributed by atoms with Crippen molar-refractivity contribution in [2.24, 2.45) is 0 Å². The lowest BCUT2D eigenvalue weighted by molar-refractivity contribution is 0.00672. The van der Waals surface area contributed by atoms with Crippen molar-refractivity contribution in [3.63, 3.8) is 0 Å². The van der Waals surface area contributed by atoms with Crippen molar-refractivity contribution in [2.45, 2.75) is 25.2 Å². The lowest BCUT2D eigenvalue weighted by atomic mass is 9.96. The highest BCUT2D eigenvalue weighted by atomic mass is 35.5. The van der Waals surface area contributed by atoms with Crippen LogP contribution in [0.25, 0.3) is 0 Å². The predicted molar refractivity (Wildman–Crippen MR) is 141 cm³/mol. The average Bonchev–Trinajstić information content (AvgIpc) is 2.92. The van der Waals surface area contributed by atoms with Crippen LogP contribution in [0.15, 0.2) is 60.8 Å². The van der Waals surface area contributed by atoms with E-state index in [-0.39, 0.29) is 25.9 Å². The number of aliphatic hydroxyl groups excluding tert-OH is 2. The molecule has 2 atom stereocenters. The highest BCUT2D eigenvalue weighted by Crippen LogP contribution is 2.36.